The zero-order valence-electron chi connectivity index (χ0n) is 12.8. The number of rotatable bonds is 5. The van der Waals surface area contributed by atoms with E-state index in [1.807, 2.05) is 35.4 Å². The van der Waals surface area contributed by atoms with Crippen molar-refractivity contribution >= 4 is 23.6 Å². The SMILES string of the molecule is CCC[C@@H]1C(C=O)=C[C@@H](C(C)C)ON1c1ccc(Cl)cc1. The molecule has 0 radical (unpaired) electrons. The average molecular weight is 308 g/mol. The van der Waals surface area contributed by atoms with Crippen LogP contribution in [0.4, 0.5) is 5.69 Å². The van der Waals surface area contributed by atoms with E-state index in [0.29, 0.717) is 10.9 Å². The number of benzene rings is 1. The molecule has 0 aliphatic carbocycles. The summed E-state index contributed by atoms with van der Waals surface area (Å²) in [6, 6.07) is 7.49. The zero-order chi connectivity index (χ0) is 15.4. The molecular formula is C17H22ClNO2. The van der Waals surface area contributed by atoms with E-state index in [1.165, 1.54) is 0 Å². The number of carbonyl (C=O) groups is 1. The highest BCUT2D eigenvalue weighted by molar-refractivity contribution is 6.30. The molecule has 1 aromatic carbocycles. The van der Waals surface area contributed by atoms with Gasteiger partial charge in [-0.15, -0.1) is 0 Å². The third-order valence-electron chi connectivity index (χ3n) is 3.70. The van der Waals surface area contributed by atoms with Gasteiger partial charge in [0.05, 0.1) is 11.7 Å². The van der Waals surface area contributed by atoms with Crippen molar-refractivity contribution in [2.75, 3.05) is 5.06 Å². The molecule has 0 unspecified atom stereocenters. The van der Waals surface area contributed by atoms with Crippen LogP contribution in [0.5, 0.6) is 0 Å². The summed E-state index contributed by atoms with van der Waals surface area (Å²) in [6.07, 6.45) is 4.69. The van der Waals surface area contributed by atoms with Gasteiger partial charge in [0, 0.05) is 10.6 Å². The van der Waals surface area contributed by atoms with Gasteiger partial charge >= 0.3 is 0 Å². The maximum Gasteiger partial charge on any atom is 0.147 e. The van der Waals surface area contributed by atoms with Crippen molar-refractivity contribution < 1.29 is 9.63 Å². The molecule has 1 heterocycles. The largest absolute Gasteiger partial charge is 0.298 e. The minimum Gasteiger partial charge on any atom is -0.298 e. The van der Waals surface area contributed by atoms with Gasteiger partial charge in [-0.1, -0.05) is 38.8 Å². The summed E-state index contributed by atoms with van der Waals surface area (Å²) in [6.45, 7) is 6.28. The van der Waals surface area contributed by atoms with E-state index in [4.69, 9.17) is 16.4 Å². The van der Waals surface area contributed by atoms with Crippen LogP contribution in [0, 0.1) is 5.92 Å². The topological polar surface area (TPSA) is 29.5 Å². The summed E-state index contributed by atoms with van der Waals surface area (Å²) in [4.78, 5) is 17.6. The molecule has 1 aliphatic rings. The molecule has 21 heavy (non-hydrogen) atoms. The van der Waals surface area contributed by atoms with E-state index in [1.54, 1.807) is 0 Å². The Morgan fingerprint density at radius 3 is 2.52 bits per heavy atom. The number of hydrogen-bond acceptors (Lipinski definition) is 3. The van der Waals surface area contributed by atoms with Crippen LogP contribution in [0.25, 0.3) is 0 Å². The Bertz CT molecular complexity index is 510. The zero-order valence-corrected chi connectivity index (χ0v) is 13.5. The fraction of sp³-hybridized carbons (Fsp3) is 0.471. The minimum atomic E-state index is -0.0889. The number of anilines is 1. The number of halogens is 1. The number of aldehydes is 1. The predicted octanol–water partition coefficient (Wildman–Crippen LogP) is 4.41. The first-order valence-corrected chi connectivity index (χ1v) is 7.83. The van der Waals surface area contributed by atoms with Crippen molar-refractivity contribution in [1.82, 2.24) is 0 Å². The van der Waals surface area contributed by atoms with Gasteiger partial charge in [0.25, 0.3) is 0 Å². The quantitative estimate of drug-likeness (QED) is 0.755. The smallest absolute Gasteiger partial charge is 0.147 e. The first kappa shape index (κ1) is 16.1. The molecule has 0 amide bonds. The highest BCUT2D eigenvalue weighted by Gasteiger charge is 2.31. The Labute approximate surface area is 131 Å². The molecule has 2 rings (SSSR count). The van der Waals surface area contributed by atoms with E-state index in [9.17, 15) is 4.79 Å². The Kier molecular flexibility index (Phi) is 5.43. The summed E-state index contributed by atoms with van der Waals surface area (Å²) >= 11 is 5.96. The average Bonchev–Trinajstić information content (AvgIpc) is 2.48. The molecule has 3 nitrogen and oxygen atoms in total. The number of nitrogens with zero attached hydrogens (tertiary/aromatic N) is 1. The van der Waals surface area contributed by atoms with Crippen molar-refractivity contribution in [3.8, 4) is 0 Å². The van der Waals surface area contributed by atoms with Gasteiger partial charge in [-0.05, 0) is 42.7 Å². The van der Waals surface area contributed by atoms with E-state index in [-0.39, 0.29) is 12.1 Å². The minimum absolute atomic E-state index is 0.0383. The molecule has 0 saturated carbocycles. The van der Waals surface area contributed by atoms with Crippen LogP contribution in [0.2, 0.25) is 5.02 Å². The maximum absolute atomic E-state index is 11.5. The molecule has 0 fully saturated rings. The second-order valence-corrected chi connectivity index (χ2v) is 6.14. The molecule has 1 aliphatic heterocycles. The van der Waals surface area contributed by atoms with Gasteiger partial charge in [0.1, 0.15) is 12.4 Å². The summed E-state index contributed by atoms with van der Waals surface area (Å²) in [5, 5.41) is 2.56. The van der Waals surface area contributed by atoms with Crippen molar-refractivity contribution in [3.63, 3.8) is 0 Å². The standard InChI is InChI=1S/C17H22ClNO2/c1-4-5-16-13(11-20)10-17(12(2)3)21-19(16)15-8-6-14(18)7-9-15/h6-12,16-17H,4-5H2,1-3H3/t16-,17+/m1/s1. The predicted molar refractivity (Wildman–Crippen MR) is 86.5 cm³/mol. The molecule has 2 atom stereocenters. The lowest BCUT2D eigenvalue weighted by molar-refractivity contribution is -0.106. The van der Waals surface area contributed by atoms with E-state index >= 15 is 0 Å². The highest BCUT2D eigenvalue weighted by Crippen LogP contribution is 2.31. The molecule has 4 heteroatoms. The van der Waals surface area contributed by atoms with Crippen LogP contribution < -0.4 is 5.06 Å². The highest BCUT2D eigenvalue weighted by atomic mass is 35.5. The van der Waals surface area contributed by atoms with Crippen LogP contribution in [-0.2, 0) is 9.63 Å². The summed E-state index contributed by atoms with van der Waals surface area (Å²) in [7, 11) is 0. The normalized spacial score (nSPS) is 22.3. The third-order valence-corrected chi connectivity index (χ3v) is 3.95. The molecule has 0 N–H and O–H groups in total. The van der Waals surface area contributed by atoms with Gasteiger partial charge < -0.3 is 0 Å². The molecule has 0 aromatic heterocycles. The molecule has 0 bridgehead atoms. The lowest BCUT2D eigenvalue weighted by atomic mass is 9.96. The van der Waals surface area contributed by atoms with Gasteiger partial charge in [0.15, 0.2) is 0 Å². The Morgan fingerprint density at radius 2 is 2.00 bits per heavy atom. The number of hydroxylamine groups is 1. The van der Waals surface area contributed by atoms with Crippen LogP contribution in [0.1, 0.15) is 33.6 Å². The van der Waals surface area contributed by atoms with Crippen molar-refractivity contribution in [3.05, 3.63) is 40.9 Å². The first-order valence-electron chi connectivity index (χ1n) is 7.45. The summed E-state index contributed by atoms with van der Waals surface area (Å²) in [5.74, 6) is 0.303. The van der Waals surface area contributed by atoms with Crippen molar-refractivity contribution in [2.24, 2.45) is 5.92 Å². The van der Waals surface area contributed by atoms with Crippen molar-refractivity contribution in [1.29, 1.82) is 0 Å². The Hall–Kier alpha value is -1.32. The lowest BCUT2D eigenvalue weighted by Crippen LogP contribution is -2.45. The van der Waals surface area contributed by atoms with Crippen LogP contribution in [0.15, 0.2) is 35.9 Å². The first-order chi connectivity index (χ1) is 10.1. The van der Waals surface area contributed by atoms with Crippen LogP contribution >= 0.6 is 11.6 Å². The number of carbonyl (C=O) groups excluding carboxylic acids is 1. The number of hydrogen-bond donors (Lipinski definition) is 0. The van der Waals surface area contributed by atoms with Gasteiger partial charge in [-0.2, -0.15) is 0 Å². The summed E-state index contributed by atoms with van der Waals surface area (Å²) < 4.78 is 0. The van der Waals surface area contributed by atoms with Gasteiger partial charge in [-0.25, -0.2) is 5.06 Å². The van der Waals surface area contributed by atoms with E-state index in [2.05, 4.69) is 20.8 Å². The van der Waals surface area contributed by atoms with E-state index in [0.717, 1.165) is 30.4 Å². The molecule has 0 saturated heterocycles. The summed E-state index contributed by atoms with van der Waals surface area (Å²) in [5.41, 5.74) is 1.73. The van der Waals surface area contributed by atoms with Crippen molar-refractivity contribution in [2.45, 2.75) is 45.8 Å². The van der Waals surface area contributed by atoms with Crippen LogP contribution in [-0.4, -0.2) is 18.4 Å². The fourth-order valence-corrected chi connectivity index (χ4v) is 2.62. The second kappa shape index (κ2) is 7.10. The monoisotopic (exact) mass is 307 g/mol. The molecule has 1 aromatic rings. The lowest BCUT2D eigenvalue weighted by Gasteiger charge is -2.40. The van der Waals surface area contributed by atoms with E-state index < -0.39 is 0 Å². The fourth-order valence-electron chi connectivity index (χ4n) is 2.49. The maximum atomic E-state index is 11.5. The van der Waals surface area contributed by atoms with Gasteiger partial charge in [-0.3, -0.25) is 9.63 Å². The Morgan fingerprint density at radius 1 is 1.33 bits per heavy atom. The third kappa shape index (κ3) is 3.66. The molecule has 0 spiro atoms. The second-order valence-electron chi connectivity index (χ2n) is 5.71. The molecular weight excluding hydrogens is 286 g/mol. The Balaban J connectivity index is 2.38. The van der Waals surface area contributed by atoms with Gasteiger partial charge in [0.2, 0.25) is 0 Å². The molecule has 114 valence electrons. The van der Waals surface area contributed by atoms with Crippen LogP contribution in [0.3, 0.4) is 0 Å².